The minimum absolute atomic E-state index is 0.0259. The summed E-state index contributed by atoms with van der Waals surface area (Å²) >= 11 is 13.9. The van der Waals surface area contributed by atoms with Crippen molar-refractivity contribution in [2.24, 2.45) is 0 Å². The van der Waals surface area contributed by atoms with Gasteiger partial charge in [0.2, 0.25) is 10.0 Å². The van der Waals surface area contributed by atoms with Gasteiger partial charge in [-0.05, 0) is 60.5 Å². The Hall–Kier alpha value is -3.16. The summed E-state index contributed by atoms with van der Waals surface area (Å²) in [5.74, 6) is -2.10. The van der Waals surface area contributed by atoms with E-state index in [1.807, 2.05) is 37.5 Å². The third-order valence-corrected chi connectivity index (χ3v) is 11.5. The largest absolute Gasteiger partial charge is 0.495 e. The Morgan fingerprint density at radius 2 is 1.79 bits per heavy atom. The number of benzene rings is 3. The number of sulfonamides is 1. The second kappa shape index (κ2) is 14.9. The zero-order valence-electron chi connectivity index (χ0n) is 26.4. The first-order chi connectivity index (χ1) is 22.1. The number of unbranched alkanes of at least 4 members (excludes halogenated alkanes) is 1. The number of methoxy groups -OCH3 is 1. The summed E-state index contributed by atoms with van der Waals surface area (Å²) in [6.07, 6.45) is 2.98. The minimum atomic E-state index is -4.38. The zero-order chi connectivity index (χ0) is 34.7. The predicted octanol–water partition coefficient (Wildman–Crippen LogP) is 8.35. The molecule has 8 nitrogen and oxygen atoms in total. The molecule has 0 amide bonds. The van der Waals surface area contributed by atoms with Gasteiger partial charge in [0.15, 0.2) is 5.16 Å². The van der Waals surface area contributed by atoms with Crippen LogP contribution in [0.1, 0.15) is 56.9 Å². The van der Waals surface area contributed by atoms with Gasteiger partial charge in [-0.1, -0.05) is 74.6 Å². The number of thioether (sulfide) groups is 1. The van der Waals surface area contributed by atoms with Crippen molar-refractivity contribution in [1.29, 1.82) is 0 Å². The quantitative estimate of drug-likeness (QED) is 0.130. The molecule has 4 aromatic rings. The van der Waals surface area contributed by atoms with Crippen LogP contribution in [0.3, 0.4) is 0 Å². The fourth-order valence-corrected chi connectivity index (χ4v) is 8.13. The van der Waals surface area contributed by atoms with Gasteiger partial charge >= 0.3 is 5.97 Å². The van der Waals surface area contributed by atoms with Crippen LogP contribution in [0.15, 0.2) is 70.8 Å². The number of aromatic nitrogens is 2. The molecule has 1 aromatic heterocycles. The van der Waals surface area contributed by atoms with Gasteiger partial charge in [0.1, 0.15) is 23.4 Å². The Bertz CT molecular complexity index is 1850. The number of aliphatic carboxylic acids is 1. The molecule has 14 heteroatoms. The topological polar surface area (TPSA) is 102 Å². The molecule has 252 valence electrons. The van der Waals surface area contributed by atoms with Gasteiger partial charge in [-0.25, -0.2) is 22.2 Å². The maximum absolute atomic E-state index is 15.6. The molecule has 4 rings (SSSR count). The molecule has 3 aromatic carbocycles. The number of hydrogen-bond donors (Lipinski definition) is 1. The highest BCUT2D eigenvalue weighted by atomic mass is 35.5. The molecule has 0 unspecified atom stereocenters. The molecule has 0 aliphatic carbocycles. The van der Waals surface area contributed by atoms with E-state index in [0.717, 1.165) is 46.5 Å². The summed E-state index contributed by atoms with van der Waals surface area (Å²) in [5.41, 5.74) is 1.60. The van der Waals surface area contributed by atoms with Crippen molar-refractivity contribution >= 4 is 51.0 Å². The van der Waals surface area contributed by atoms with Crippen molar-refractivity contribution in [3.05, 3.63) is 99.3 Å². The van der Waals surface area contributed by atoms with Crippen LogP contribution in [0.4, 0.5) is 8.78 Å². The fraction of sp³-hybridized carbons (Fsp3) is 0.333. The summed E-state index contributed by atoms with van der Waals surface area (Å²) in [7, 11) is -1.69. The Morgan fingerprint density at radius 3 is 2.38 bits per heavy atom. The summed E-state index contributed by atoms with van der Waals surface area (Å²) in [5, 5.41) is 10.4. The average Bonchev–Trinajstić information content (AvgIpc) is 3.45. The number of nitrogens with zero attached hydrogens (tertiary/aromatic N) is 3. The van der Waals surface area contributed by atoms with E-state index in [1.54, 1.807) is 24.4 Å². The number of rotatable bonds is 14. The number of hydrogen-bond acceptors (Lipinski definition) is 6. The number of carboxylic acids is 1. The molecule has 0 saturated carbocycles. The van der Waals surface area contributed by atoms with Gasteiger partial charge in [0.05, 0.1) is 28.9 Å². The zero-order valence-corrected chi connectivity index (χ0v) is 29.6. The second-order valence-corrected chi connectivity index (χ2v) is 15.1. The summed E-state index contributed by atoms with van der Waals surface area (Å²) in [6.45, 7) is 5.85. The Labute approximate surface area is 287 Å². The SMILES string of the molecule is CCCC[C@@H](C(=O)O)N(C)S(=O)(=O)c1cc(F)c(CSc2ncc(C(C)(C)c3ccc(Cl)c(OC)c3)n2-c2ccc(F)cc2)c(Cl)c1. The Kier molecular flexibility index (Phi) is 11.7. The number of likely N-dealkylation sites (N-methyl/N-ethyl adjacent to an activating group) is 1. The van der Waals surface area contributed by atoms with Crippen molar-refractivity contribution in [2.75, 3.05) is 14.2 Å². The van der Waals surface area contributed by atoms with Crippen molar-refractivity contribution in [2.45, 2.75) is 67.3 Å². The van der Waals surface area contributed by atoms with Gasteiger partial charge in [0.25, 0.3) is 0 Å². The maximum atomic E-state index is 15.6. The highest BCUT2D eigenvalue weighted by Crippen LogP contribution is 2.40. The van der Waals surface area contributed by atoms with Crippen molar-refractivity contribution in [3.8, 4) is 11.4 Å². The van der Waals surface area contributed by atoms with Crippen molar-refractivity contribution in [1.82, 2.24) is 13.9 Å². The van der Waals surface area contributed by atoms with E-state index >= 15 is 4.39 Å². The molecule has 0 spiro atoms. The van der Waals surface area contributed by atoms with Gasteiger partial charge in [0, 0.05) is 34.5 Å². The molecule has 0 saturated heterocycles. The van der Waals surface area contributed by atoms with Crippen molar-refractivity contribution in [3.63, 3.8) is 0 Å². The average molecular weight is 727 g/mol. The lowest BCUT2D eigenvalue weighted by molar-refractivity contribution is -0.141. The molecular formula is C33H35Cl2F2N3O5S2. The lowest BCUT2D eigenvalue weighted by atomic mass is 9.81. The minimum Gasteiger partial charge on any atom is -0.495 e. The number of carbonyl (C=O) groups is 1. The summed E-state index contributed by atoms with van der Waals surface area (Å²) < 4.78 is 64.1. The first-order valence-electron chi connectivity index (χ1n) is 14.6. The monoisotopic (exact) mass is 725 g/mol. The fourth-order valence-electron chi connectivity index (χ4n) is 5.11. The molecule has 47 heavy (non-hydrogen) atoms. The van der Waals surface area contributed by atoms with Crippen LogP contribution in [0.25, 0.3) is 5.69 Å². The second-order valence-electron chi connectivity index (χ2n) is 11.4. The molecule has 1 atom stereocenters. The van der Waals surface area contributed by atoms with E-state index in [-0.39, 0.29) is 22.8 Å². The third kappa shape index (κ3) is 7.78. The number of imidazole rings is 1. The maximum Gasteiger partial charge on any atom is 0.322 e. The molecule has 1 heterocycles. The standard InChI is InChI=1S/C33H35Cl2F2N3O5S2/c1-6-7-8-28(31(41)42)39(4)47(43,44)23-16-26(35)24(27(37)17-23)19-46-32-38-18-30(40(32)22-12-10-21(36)11-13-22)33(2,3)20-9-14-25(34)29(15-20)45-5/h9-18,28H,6-8,19H2,1-5H3,(H,41,42)/t28-/m0/s1. The number of carboxylic acid groups (broad SMARTS) is 1. The van der Waals surface area contributed by atoms with Gasteiger partial charge in [-0.2, -0.15) is 4.31 Å². The Morgan fingerprint density at radius 1 is 1.11 bits per heavy atom. The van der Waals surface area contributed by atoms with E-state index < -0.39 is 44.0 Å². The molecule has 0 aliphatic heterocycles. The Balaban J connectivity index is 1.70. The third-order valence-electron chi connectivity index (χ3n) is 8.02. The van der Waals surface area contributed by atoms with Crippen LogP contribution < -0.4 is 4.74 Å². The first kappa shape index (κ1) is 36.7. The van der Waals surface area contributed by atoms with E-state index in [9.17, 15) is 22.7 Å². The highest BCUT2D eigenvalue weighted by molar-refractivity contribution is 7.98. The lowest BCUT2D eigenvalue weighted by Gasteiger charge is -2.28. The molecular weight excluding hydrogens is 691 g/mol. The van der Waals surface area contributed by atoms with Crippen molar-refractivity contribution < 1.29 is 31.8 Å². The van der Waals surface area contributed by atoms with Crippen LogP contribution in [-0.4, -0.2) is 53.5 Å². The summed E-state index contributed by atoms with van der Waals surface area (Å²) in [6, 6.07) is 12.0. The molecule has 0 radical (unpaired) electrons. The summed E-state index contributed by atoms with van der Waals surface area (Å²) in [4.78, 5) is 16.0. The molecule has 0 fully saturated rings. The lowest BCUT2D eigenvalue weighted by Crippen LogP contribution is -2.42. The molecule has 0 aliphatic rings. The van der Waals surface area contributed by atoms with Crippen LogP contribution in [-0.2, 0) is 26.0 Å². The van der Waals surface area contributed by atoms with Crippen LogP contribution >= 0.6 is 35.0 Å². The van der Waals surface area contributed by atoms with Gasteiger partial charge in [-0.15, -0.1) is 0 Å². The number of ether oxygens (including phenoxy) is 1. The van der Waals surface area contributed by atoms with Gasteiger partial charge in [-0.3, -0.25) is 9.36 Å². The van der Waals surface area contributed by atoms with Crippen LogP contribution in [0.2, 0.25) is 10.0 Å². The number of halogens is 4. The smallest absolute Gasteiger partial charge is 0.322 e. The predicted molar refractivity (Wildman–Crippen MR) is 181 cm³/mol. The molecule has 0 bridgehead atoms. The van der Waals surface area contributed by atoms with E-state index in [2.05, 4.69) is 4.98 Å². The van der Waals surface area contributed by atoms with E-state index in [1.165, 1.54) is 19.2 Å². The van der Waals surface area contributed by atoms with Gasteiger partial charge < -0.3 is 9.84 Å². The van der Waals surface area contributed by atoms with E-state index in [0.29, 0.717) is 34.5 Å². The van der Waals surface area contributed by atoms with Crippen LogP contribution in [0.5, 0.6) is 5.75 Å². The molecule has 1 N–H and O–H groups in total. The van der Waals surface area contributed by atoms with Crippen LogP contribution in [0, 0.1) is 11.6 Å². The first-order valence-corrected chi connectivity index (χ1v) is 17.8. The highest BCUT2D eigenvalue weighted by Gasteiger charge is 2.34. The normalized spacial score (nSPS) is 12.8. The van der Waals surface area contributed by atoms with E-state index in [4.69, 9.17) is 27.9 Å².